The Labute approximate surface area is 175 Å². The molecule has 0 saturated carbocycles. The highest BCUT2D eigenvalue weighted by Crippen LogP contribution is 2.22. The lowest BCUT2D eigenvalue weighted by Gasteiger charge is -2.16. The smallest absolute Gasteiger partial charge is 0.287 e. The predicted octanol–water partition coefficient (Wildman–Crippen LogP) is 4.76. The number of benzene rings is 2. The van der Waals surface area contributed by atoms with Crippen molar-refractivity contribution in [3.8, 4) is 5.75 Å². The van der Waals surface area contributed by atoms with Gasteiger partial charge in [0.2, 0.25) is 0 Å². The van der Waals surface area contributed by atoms with E-state index >= 15 is 0 Å². The van der Waals surface area contributed by atoms with Crippen LogP contribution in [-0.4, -0.2) is 22.1 Å². The number of ether oxygens (including phenoxy) is 1. The van der Waals surface area contributed by atoms with E-state index in [1.54, 1.807) is 12.1 Å². The quantitative estimate of drug-likeness (QED) is 0.460. The van der Waals surface area contributed by atoms with Crippen LogP contribution in [0.25, 0.3) is 11.0 Å². The second kappa shape index (κ2) is 8.86. The summed E-state index contributed by atoms with van der Waals surface area (Å²) in [5, 5.41) is 2.96. The van der Waals surface area contributed by atoms with Crippen molar-refractivity contribution >= 4 is 16.9 Å². The van der Waals surface area contributed by atoms with Crippen molar-refractivity contribution in [1.82, 2.24) is 14.9 Å². The number of carbonyl (C=O) groups is 1. The maximum atomic E-state index is 12.4. The van der Waals surface area contributed by atoms with Crippen LogP contribution < -0.4 is 10.1 Å². The van der Waals surface area contributed by atoms with Crippen LogP contribution in [0.15, 0.2) is 71.3 Å². The Balaban J connectivity index is 1.51. The molecule has 0 radical (unpaired) electrons. The van der Waals surface area contributed by atoms with Gasteiger partial charge in [0.15, 0.2) is 5.76 Å². The SMILES string of the molecule is CCc1ccc(OCCn2c(C(C)NC(=O)c3ccco3)nc3ccccc32)cc1. The molecular weight excluding hydrogens is 378 g/mol. The van der Waals surface area contributed by atoms with Gasteiger partial charge in [0.05, 0.1) is 29.9 Å². The lowest BCUT2D eigenvalue weighted by molar-refractivity contribution is 0.0909. The number of rotatable bonds is 8. The van der Waals surface area contributed by atoms with Crippen molar-refractivity contribution in [2.24, 2.45) is 0 Å². The highest BCUT2D eigenvalue weighted by atomic mass is 16.5. The van der Waals surface area contributed by atoms with Crippen LogP contribution in [0.2, 0.25) is 0 Å². The number of hydrogen-bond acceptors (Lipinski definition) is 4. The summed E-state index contributed by atoms with van der Waals surface area (Å²) >= 11 is 0. The van der Waals surface area contributed by atoms with Crippen LogP contribution in [0.1, 0.15) is 41.8 Å². The van der Waals surface area contributed by atoms with Crippen molar-refractivity contribution in [3.63, 3.8) is 0 Å². The van der Waals surface area contributed by atoms with Gasteiger partial charge in [0.25, 0.3) is 5.91 Å². The molecule has 6 nitrogen and oxygen atoms in total. The minimum Gasteiger partial charge on any atom is -0.492 e. The highest BCUT2D eigenvalue weighted by molar-refractivity contribution is 5.91. The van der Waals surface area contributed by atoms with E-state index in [-0.39, 0.29) is 17.7 Å². The molecular formula is C24H25N3O3. The number of aromatic nitrogens is 2. The Kier molecular flexibility index (Phi) is 5.84. The number of imidazole rings is 1. The second-order valence-corrected chi connectivity index (χ2v) is 7.13. The average Bonchev–Trinajstić information content (AvgIpc) is 3.43. The summed E-state index contributed by atoms with van der Waals surface area (Å²) in [6.45, 7) is 5.17. The third-order valence-electron chi connectivity index (χ3n) is 5.08. The van der Waals surface area contributed by atoms with E-state index in [2.05, 4.69) is 28.9 Å². The van der Waals surface area contributed by atoms with E-state index in [1.807, 2.05) is 43.3 Å². The first-order valence-electron chi connectivity index (χ1n) is 10.2. The maximum absolute atomic E-state index is 12.4. The standard InChI is InChI=1S/C24H25N3O3/c1-3-18-10-12-19(13-11-18)29-16-14-27-21-8-5-4-7-20(21)26-23(27)17(2)25-24(28)22-9-6-15-30-22/h4-13,15,17H,3,14,16H2,1-2H3,(H,25,28). The van der Waals surface area contributed by atoms with E-state index in [0.29, 0.717) is 13.2 Å². The first kappa shape index (κ1) is 19.8. The molecule has 1 N–H and O–H groups in total. The molecule has 4 rings (SSSR count). The van der Waals surface area contributed by atoms with Crippen molar-refractivity contribution < 1.29 is 13.9 Å². The molecule has 2 aromatic carbocycles. The van der Waals surface area contributed by atoms with Gasteiger partial charge in [-0.05, 0) is 55.3 Å². The summed E-state index contributed by atoms with van der Waals surface area (Å²) in [6.07, 6.45) is 2.49. The maximum Gasteiger partial charge on any atom is 0.287 e. The summed E-state index contributed by atoms with van der Waals surface area (Å²) in [6, 6.07) is 19.2. The molecule has 6 heteroatoms. The molecule has 154 valence electrons. The van der Waals surface area contributed by atoms with Gasteiger partial charge in [0.1, 0.15) is 18.2 Å². The second-order valence-electron chi connectivity index (χ2n) is 7.13. The molecule has 0 spiro atoms. The molecule has 0 aliphatic rings. The number of nitrogens with one attached hydrogen (secondary N) is 1. The fraction of sp³-hybridized carbons (Fsp3) is 0.250. The van der Waals surface area contributed by atoms with E-state index in [9.17, 15) is 4.79 Å². The van der Waals surface area contributed by atoms with E-state index < -0.39 is 0 Å². The lowest BCUT2D eigenvalue weighted by atomic mass is 10.2. The summed E-state index contributed by atoms with van der Waals surface area (Å²) in [5.74, 6) is 1.64. The van der Waals surface area contributed by atoms with Gasteiger partial charge < -0.3 is 19.0 Å². The van der Waals surface area contributed by atoms with Crippen LogP contribution in [0.3, 0.4) is 0 Å². The Bertz CT molecular complexity index is 1110. The van der Waals surface area contributed by atoms with Gasteiger partial charge >= 0.3 is 0 Å². The Hall–Kier alpha value is -3.54. The number of fused-ring (bicyclic) bond motifs is 1. The molecule has 2 heterocycles. The van der Waals surface area contributed by atoms with Gasteiger partial charge in [-0.25, -0.2) is 4.98 Å². The van der Waals surface area contributed by atoms with Crippen molar-refractivity contribution in [2.45, 2.75) is 32.9 Å². The third kappa shape index (κ3) is 4.22. The Morgan fingerprint density at radius 3 is 2.67 bits per heavy atom. The predicted molar refractivity (Wildman–Crippen MR) is 116 cm³/mol. The molecule has 1 amide bonds. The van der Waals surface area contributed by atoms with Gasteiger partial charge in [-0.15, -0.1) is 0 Å². The van der Waals surface area contributed by atoms with Crippen LogP contribution in [0.4, 0.5) is 0 Å². The highest BCUT2D eigenvalue weighted by Gasteiger charge is 2.20. The zero-order valence-electron chi connectivity index (χ0n) is 17.2. The van der Waals surface area contributed by atoms with Crippen molar-refractivity contribution in [3.05, 3.63) is 84.1 Å². The third-order valence-corrected chi connectivity index (χ3v) is 5.08. The molecule has 30 heavy (non-hydrogen) atoms. The van der Waals surface area contributed by atoms with E-state index in [4.69, 9.17) is 14.1 Å². The molecule has 0 aliphatic heterocycles. The molecule has 0 bridgehead atoms. The number of aryl methyl sites for hydroxylation is 1. The van der Waals surface area contributed by atoms with Gasteiger partial charge in [-0.3, -0.25) is 4.79 Å². The Morgan fingerprint density at radius 1 is 1.13 bits per heavy atom. The zero-order chi connectivity index (χ0) is 20.9. The van der Waals surface area contributed by atoms with Gasteiger partial charge in [-0.2, -0.15) is 0 Å². The summed E-state index contributed by atoms with van der Waals surface area (Å²) in [5.41, 5.74) is 3.18. The first-order valence-corrected chi connectivity index (χ1v) is 10.2. The molecule has 0 fully saturated rings. The summed E-state index contributed by atoms with van der Waals surface area (Å²) in [4.78, 5) is 17.2. The van der Waals surface area contributed by atoms with Crippen molar-refractivity contribution in [2.75, 3.05) is 6.61 Å². The van der Waals surface area contributed by atoms with E-state index in [1.165, 1.54) is 11.8 Å². The van der Waals surface area contributed by atoms with Crippen molar-refractivity contribution in [1.29, 1.82) is 0 Å². The van der Waals surface area contributed by atoms with Gasteiger partial charge in [0, 0.05) is 0 Å². The van der Waals surface area contributed by atoms with Crippen LogP contribution in [0, 0.1) is 0 Å². The summed E-state index contributed by atoms with van der Waals surface area (Å²) < 4.78 is 13.2. The number of carbonyl (C=O) groups excluding carboxylic acids is 1. The molecule has 0 saturated heterocycles. The van der Waals surface area contributed by atoms with Crippen LogP contribution in [0.5, 0.6) is 5.75 Å². The molecule has 1 atom stereocenters. The number of nitrogens with zero attached hydrogens (tertiary/aromatic N) is 2. The number of para-hydroxylation sites is 2. The Morgan fingerprint density at radius 2 is 1.93 bits per heavy atom. The number of furan rings is 1. The zero-order valence-corrected chi connectivity index (χ0v) is 17.2. The molecule has 4 aromatic rings. The monoisotopic (exact) mass is 403 g/mol. The van der Waals surface area contributed by atoms with Gasteiger partial charge in [-0.1, -0.05) is 31.2 Å². The fourth-order valence-corrected chi connectivity index (χ4v) is 3.48. The van der Waals surface area contributed by atoms with Crippen LogP contribution in [-0.2, 0) is 13.0 Å². The number of amides is 1. The topological polar surface area (TPSA) is 69.3 Å². The molecule has 0 aliphatic carbocycles. The normalized spacial score (nSPS) is 12.1. The summed E-state index contributed by atoms with van der Waals surface area (Å²) in [7, 11) is 0. The molecule has 2 aromatic heterocycles. The molecule has 1 unspecified atom stereocenters. The average molecular weight is 403 g/mol. The minimum atomic E-state index is -0.293. The fourth-order valence-electron chi connectivity index (χ4n) is 3.48. The minimum absolute atomic E-state index is 0.265. The number of hydrogen-bond donors (Lipinski definition) is 1. The first-order chi connectivity index (χ1) is 14.7. The van der Waals surface area contributed by atoms with E-state index in [0.717, 1.165) is 29.0 Å². The lowest BCUT2D eigenvalue weighted by Crippen LogP contribution is -2.28. The largest absolute Gasteiger partial charge is 0.492 e. The van der Waals surface area contributed by atoms with Crippen LogP contribution >= 0.6 is 0 Å².